The summed E-state index contributed by atoms with van der Waals surface area (Å²) in [5, 5.41) is 13.1. The molecule has 7 nitrogen and oxygen atoms in total. The Kier molecular flexibility index (Phi) is 4.29. The van der Waals surface area contributed by atoms with Crippen LogP contribution in [-0.2, 0) is 0 Å². The van der Waals surface area contributed by atoms with E-state index in [0.29, 0.717) is 25.3 Å². The summed E-state index contributed by atoms with van der Waals surface area (Å²) in [5.41, 5.74) is 1.73. The second kappa shape index (κ2) is 5.96. The molecule has 0 fully saturated rings. The van der Waals surface area contributed by atoms with Gasteiger partial charge in [-0.1, -0.05) is 0 Å². The minimum absolute atomic E-state index is 0.0578. The number of aliphatic hydroxyl groups is 1. The molecule has 0 aliphatic carbocycles. The van der Waals surface area contributed by atoms with Gasteiger partial charge >= 0.3 is 0 Å². The number of hydrogen-bond acceptors (Lipinski definition) is 5. The van der Waals surface area contributed by atoms with Crippen LogP contribution in [0.5, 0.6) is 0 Å². The molecule has 0 aliphatic heterocycles. The molecule has 20 heavy (non-hydrogen) atoms. The molecule has 0 unspecified atom stereocenters. The smallest absolute Gasteiger partial charge is 0.293 e. The van der Waals surface area contributed by atoms with E-state index < -0.39 is 0 Å². The standard InChI is InChI=1S/C13H19N5O2/c1-4-17(6-5-7-19)12(20)11-15-13-14-9(2)8-10(3)18(13)16-11/h8,19H,4-7H2,1-3H3. The fraction of sp³-hybridized carbons (Fsp3) is 0.538. The first-order valence-electron chi connectivity index (χ1n) is 6.68. The van der Waals surface area contributed by atoms with E-state index in [9.17, 15) is 4.79 Å². The molecule has 108 valence electrons. The third kappa shape index (κ3) is 2.77. The highest BCUT2D eigenvalue weighted by atomic mass is 16.3. The van der Waals surface area contributed by atoms with Crippen molar-refractivity contribution in [3.05, 3.63) is 23.3 Å². The van der Waals surface area contributed by atoms with Gasteiger partial charge in [-0.2, -0.15) is 4.98 Å². The van der Waals surface area contributed by atoms with E-state index in [0.717, 1.165) is 11.4 Å². The second-order valence-corrected chi connectivity index (χ2v) is 4.65. The van der Waals surface area contributed by atoms with Crippen LogP contribution >= 0.6 is 0 Å². The minimum atomic E-state index is -0.233. The van der Waals surface area contributed by atoms with Crippen molar-refractivity contribution in [1.82, 2.24) is 24.5 Å². The highest BCUT2D eigenvalue weighted by Crippen LogP contribution is 2.07. The Hall–Kier alpha value is -2.02. The van der Waals surface area contributed by atoms with Crippen molar-refractivity contribution in [3.8, 4) is 0 Å². The lowest BCUT2D eigenvalue weighted by molar-refractivity contribution is 0.0742. The van der Waals surface area contributed by atoms with Gasteiger partial charge in [0, 0.05) is 31.1 Å². The Morgan fingerprint density at radius 1 is 1.40 bits per heavy atom. The number of aromatic nitrogens is 4. The minimum Gasteiger partial charge on any atom is -0.396 e. The molecule has 2 heterocycles. The summed E-state index contributed by atoms with van der Waals surface area (Å²) in [6, 6.07) is 1.89. The monoisotopic (exact) mass is 277 g/mol. The zero-order chi connectivity index (χ0) is 14.7. The molecule has 2 aromatic rings. The van der Waals surface area contributed by atoms with Gasteiger partial charge in [0.05, 0.1) is 0 Å². The van der Waals surface area contributed by atoms with Gasteiger partial charge in [-0.15, -0.1) is 5.10 Å². The van der Waals surface area contributed by atoms with E-state index in [1.165, 1.54) is 0 Å². The molecule has 0 spiro atoms. The van der Waals surface area contributed by atoms with Crippen LogP contribution in [-0.4, -0.2) is 55.2 Å². The molecule has 1 N–H and O–H groups in total. The lowest BCUT2D eigenvalue weighted by atomic mass is 10.3. The van der Waals surface area contributed by atoms with Crippen molar-refractivity contribution in [2.45, 2.75) is 27.2 Å². The molecular weight excluding hydrogens is 258 g/mol. The Morgan fingerprint density at radius 3 is 2.80 bits per heavy atom. The topological polar surface area (TPSA) is 83.6 Å². The van der Waals surface area contributed by atoms with Gasteiger partial charge in [0.1, 0.15) is 0 Å². The Labute approximate surface area is 117 Å². The molecule has 0 saturated carbocycles. The summed E-state index contributed by atoms with van der Waals surface area (Å²) in [5.74, 6) is 0.346. The van der Waals surface area contributed by atoms with E-state index in [-0.39, 0.29) is 18.3 Å². The number of nitrogens with zero attached hydrogens (tertiary/aromatic N) is 5. The molecule has 0 aliphatic rings. The number of rotatable bonds is 5. The zero-order valence-corrected chi connectivity index (χ0v) is 12.0. The molecule has 1 amide bonds. The average molecular weight is 277 g/mol. The fourth-order valence-corrected chi connectivity index (χ4v) is 2.06. The van der Waals surface area contributed by atoms with Gasteiger partial charge in [0.25, 0.3) is 11.7 Å². The van der Waals surface area contributed by atoms with Crippen molar-refractivity contribution < 1.29 is 9.90 Å². The van der Waals surface area contributed by atoms with Gasteiger partial charge in [0.2, 0.25) is 5.82 Å². The SMILES string of the molecule is CCN(CCCO)C(=O)c1nc2nc(C)cc(C)n2n1. The predicted molar refractivity (Wildman–Crippen MR) is 73.5 cm³/mol. The number of aryl methyl sites for hydroxylation is 2. The van der Waals surface area contributed by atoms with Crippen LogP contribution in [0, 0.1) is 13.8 Å². The number of hydrogen-bond donors (Lipinski definition) is 1. The van der Waals surface area contributed by atoms with Crippen LogP contribution in [0.25, 0.3) is 5.78 Å². The molecule has 2 aromatic heterocycles. The average Bonchev–Trinajstić information content (AvgIpc) is 2.83. The molecule has 0 atom stereocenters. The van der Waals surface area contributed by atoms with E-state index in [1.807, 2.05) is 26.8 Å². The third-order valence-corrected chi connectivity index (χ3v) is 3.06. The number of aliphatic hydroxyl groups excluding tert-OH is 1. The van der Waals surface area contributed by atoms with Crippen LogP contribution in [0.1, 0.15) is 35.4 Å². The summed E-state index contributed by atoms with van der Waals surface area (Å²) in [6.45, 7) is 6.77. The Morgan fingerprint density at radius 2 is 2.15 bits per heavy atom. The summed E-state index contributed by atoms with van der Waals surface area (Å²) in [7, 11) is 0. The van der Waals surface area contributed by atoms with E-state index in [4.69, 9.17) is 5.11 Å². The molecule has 7 heteroatoms. The van der Waals surface area contributed by atoms with Gasteiger partial charge in [-0.05, 0) is 33.3 Å². The first kappa shape index (κ1) is 14.4. The molecule has 0 radical (unpaired) electrons. The first-order valence-corrected chi connectivity index (χ1v) is 6.68. The van der Waals surface area contributed by atoms with Crippen LogP contribution in [0.4, 0.5) is 0 Å². The number of fused-ring (bicyclic) bond motifs is 1. The van der Waals surface area contributed by atoms with Crippen molar-refractivity contribution >= 4 is 11.7 Å². The predicted octanol–water partition coefficient (Wildman–Crippen LogP) is 0.586. The largest absolute Gasteiger partial charge is 0.396 e. The fourth-order valence-electron chi connectivity index (χ4n) is 2.06. The molecule has 2 rings (SSSR count). The first-order chi connectivity index (χ1) is 9.56. The summed E-state index contributed by atoms with van der Waals surface area (Å²) in [4.78, 5) is 22.4. The van der Waals surface area contributed by atoms with Crippen molar-refractivity contribution in [1.29, 1.82) is 0 Å². The van der Waals surface area contributed by atoms with Crippen LogP contribution in [0.3, 0.4) is 0 Å². The third-order valence-electron chi connectivity index (χ3n) is 3.06. The van der Waals surface area contributed by atoms with E-state index in [2.05, 4.69) is 15.1 Å². The highest BCUT2D eigenvalue weighted by Gasteiger charge is 2.20. The lowest BCUT2D eigenvalue weighted by Crippen LogP contribution is -2.33. The van der Waals surface area contributed by atoms with Gasteiger partial charge in [-0.3, -0.25) is 4.79 Å². The second-order valence-electron chi connectivity index (χ2n) is 4.65. The maximum absolute atomic E-state index is 12.3. The summed E-state index contributed by atoms with van der Waals surface area (Å²) in [6.07, 6.45) is 0.545. The van der Waals surface area contributed by atoms with Crippen molar-refractivity contribution in [2.75, 3.05) is 19.7 Å². The number of carbonyl (C=O) groups is 1. The molecule has 0 bridgehead atoms. The Balaban J connectivity index is 2.32. The molecule has 0 saturated heterocycles. The quantitative estimate of drug-likeness (QED) is 0.864. The number of amides is 1. The molecular formula is C13H19N5O2. The maximum atomic E-state index is 12.3. The normalized spacial score (nSPS) is 11.0. The van der Waals surface area contributed by atoms with Gasteiger partial charge < -0.3 is 10.0 Å². The van der Waals surface area contributed by atoms with E-state index in [1.54, 1.807) is 9.42 Å². The van der Waals surface area contributed by atoms with Crippen molar-refractivity contribution in [3.63, 3.8) is 0 Å². The van der Waals surface area contributed by atoms with Crippen LogP contribution < -0.4 is 0 Å². The highest BCUT2D eigenvalue weighted by molar-refractivity contribution is 5.90. The van der Waals surface area contributed by atoms with Crippen LogP contribution in [0.2, 0.25) is 0 Å². The van der Waals surface area contributed by atoms with E-state index >= 15 is 0 Å². The summed E-state index contributed by atoms with van der Waals surface area (Å²) >= 11 is 0. The van der Waals surface area contributed by atoms with Gasteiger partial charge in [-0.25, -0.2) is 9.50 Å². The van der Waals surface area contributed by atoms with Crippen molar-refractivity contribution in [2.24, 2.45) is 0 Å². The lowest BCUT2D eigenvalue weighted by Gasteiger charge is -2.18. The maximum Gasteiger partial charge on any atom is 0.293 e. The van der Waals surface area contributed by atoms with Crippen LogP contribution in [0.15, 0.2) is 6.07 Å². The molecule has 0 aromatic carbocycles. The van der Waals surface area contributed by atoms with Gasteiger partial charge in [0.15, 0.2) is 0 Å². The zero-order valence-electron chi connectivity index (χ0n) is 12.0. The summed E-state index contributed by atoms with van der Waals surface area (Å²) < 4.78 is 1.57. The Bertz CT molecular complexity index is 622. The number of carbonyl (C=O) groups excluding carboxylic acids is 1.